The lowest BCUT2D eigenvalue weighted by Crippen LogP contribution is -2.06. The normalized spacial score (nSPS) is 12.2. The van der Waals surface area contributed by atoms with Crippen molar-refractivity contribution >= 4 is 23.0 Å². The Morgan fingerprint density at radius 3 is 2.50 bits per heavy atom. The molecule has 0 amide bonds. The van der Waals surface area contributed by atoms with E-state index < -0.39 is 0 Å². The van der Waals surface area contributed by atoms with Crippen LogP contribution in [0.3, 0.4) is 0 Å². The maximum atomic E-state index is 5.46. The van der Waals surface area contributed by atoms with Gasteiger partial charge in [-0.15, -0.1) is 0 Å². The van der Waals surface area contributed by atoms with E-state index in [2.05, 4.69) is 41.4 Å². The number of methoxy groups -OCH3 is 1. The Bertz CT molecular complexity index is 1120. The molecule has 26 heavy (non-hydrogen) atoms. The van der Waals surface area contributed by atoms with Crippen LogP contribution in [-0.2, 0) is 0 Å². The molecule has 1 unspecified atom stereocenters. The lowest BCUT2D eigenvalue weighted by molar-refractivity contribution is 0.415. The predicted molar refractivity (Wildman–Crippen MR) is 107 cm³/mol. The molecule has 0 aliphatic rings. The Labute approximate surface area is 157 Å². The average molecular weight is 361 g/mol. The van der Waals surface area contributed by atoms with Crippen LogP contribution in [0.25, 0.3) is 16.5 Å². The molecule has 4 nitrogen and oxygen atoms in total. The van der Waals surface area contributed by atoms with Crippen molar-refractivity contribution < 1.29 is 4.74 Å². The molecular formula is C21H19N3OS. The fourth-order valence-corrected chi connectivity index (χ4v) is 3.46. The van der Waals surface area contributed by atoms with Crippen molar-refractivity contribution in [2.24, 2.45) is 0 Å². The summed E-state index contributed by atoms with van der Waals surface area (Å²) in [5.41, 5.74) is 2.20. The van der Waals surface area contributed by atoms with Crippen LogP contribution in [0, 0.1) is 4.77 Å². The molecule has 1 heterocycles. The summed E-state index contributed by atoms with van der Waals surface area (Å²) in [6.07, 6.45) is 0. The van der Waals surface area contributed by atoms with Gasteiger partial charge in [-0.25, -0.2) is 0 Å². The van der Waals surface area contributed by atoms with E-state index in [9.17, 15) is 0 Å². The first-order valence-corrected chi connectivity index (χ1v) is 8.88. The van der Waals surface area contributed by atoms with Gasteiger partial charge in [0.25, 0.3) is 0 Å². The smallest absolute Gasteiger partial charge is 0.199 e. The number of H-pyrrole nitrogens is 1. The molecule has 0 radical (unpaired) electrons. The first-order valence-electron chi connectivity index (χ1n) is 8.48. The Morgan fingerprint density at radius 1 is 1.00 bits per heavy atom. The topological polar surface area (TPSA) is 42.8 Å². The molecule has 0 saturated carbocycles. The van der Waals surface area contributed by atoms with Crippen molar-refractivity contribution in [1.29, 1.82) is 0 Å². The van der Waals surface area contributed by atoms with Gasteiger partial charge >= 0.3 is 0 Å². The van der Waals surface area contributed by atoms with Gasteiger partial charge in [0.1, 0.15) is 11.6 Å². The summed E-state index contributed by atoms with van der Waals surface area (Å²) >= 11 is 5.46. The van der Waals surface area contributed by atoms with Crippen molar-refractivity contribution in [3.63, 3.8) is 0 Å². The number of fused-ring (bicyclic) bond motifs is 1. The first kappa shape index (κ1) is 16.5. The van der Waals surface area contributed by atoms with Gasteiger partial charge in [0.05, 0.1) is 7.11 Å². The fourth-order valence-electron chi connectivity index (χ4n) is 3.21. The number of aromatic nitrogens is 3. The highest BCUT2D eigenvalue weighted by atomic mass is 32.1. The van der Waals surface area contributed by atoms with E-state index in [0.29, 0.717) is 4.77 Å². The van der Waals surface area contributed by atoms with Gasteiger partial charge in [0, 0.05) is 11.6 Å². The Hall–Kier alpha value is -2.92. The molecule has 4 rings (SSSR count). The zero-order valence-electron chi connectivity index (χ0n) is 14.6. The van der Waals surface area contributed by atoms with E-state index in [0.717, 1.165) is 22.6 Å². The standard InChI is InChI=1S/C21H19N3OS/c1-14(15-8-9-17-13-19(25-2)11-10-16(17)12-15)20-22-23-21(26)24(20)18-6-4-3-5-7-18/h3-14H,1-2H3,(H,23,26). The van der Waals surface area contributed by atoms with Gasteiger partial charge in [-0.1, -0.05) is 49.4 Å². The van der Waals surface area contributed by atoms with Crippen LogP contribution in [0.15, 0.2) is 66.7 Å². The highest BCUT2D eigenvalue weighted by Crippen LogP contribution is 2.29. The molecule has 0 saturated heterocycles. The molecule has 4 aromatic rings. The summed E-state index contributed by atoms with van der Waals surface area (Å²) in [6.45, 7) is 2.15. The molecule has 0 aliphatic heterocycles. The van der Waals surface area contributed by atoms with E-state index in [4.69, 9.17) is 17.0 Å². The minimum Gasteiger partial charge on any atom is -0.497 e. The molecule has 130 valence electrons. The van der Waals surface area contributed by atoms with Gasteiger partial charge in [0.15, 0.2) is 4.77 Å². The van der Waals surface area contributed by atoms with E-state index in [-0.39, 0.29) is 5.92 Å². The molecule has 0 bridgehead atoms. The van der Waals surface area contributed by atoms with Crippen LogP contribution < -0.4 is 4.74 Å². The number of nitrogens with zero attached hydrogens (tertiary/aromatic N) is 2. The first-order chi connectivity index (χ1) is 12.7. The van der Waals surface area contributed by atoms with Crippen molar-refractivity contribution in [2.75, 3.05) is 7.11 Å². The van der Waals surface area contributed by atoms with Crippen molar-refractivity contribution in [3.8, 4) is 11.4 Å². The summed E-state index contributed by atoms with van der Waals surface area (Å²) < 4.78 is 7.91. The quantitative estimate of drug-likeness (QED) is 0.505. The molecule has 0 aliphatic carbocycles. The van der Waals surface area contributed by atoms with Crippen LogP contribution in [0.5, 0.6) is 5.75 Å². The van der Waals surface area contributed by atoms with Crippen molar-refractivity contribution in [1.82, 2.24) is 14.8 Å². The number of hydrogen-bond donors (Lipinski definition) is 1. The molecule has 3 aromatic carbocycles. The van der Waals surface area contributed by atoms with E-state index in [1.54, 1.807) is 7.11 Å². The fraction of sp³-hybridized carbons (Fsp3) is 0.143. The summed E-state index contributed by atoms with van der Waals surface area (Å²) in [4.78, 5) is 0. The third-order valence-corrected chi connectivity index (χ3v) is 4.95. The second kappa shape index (κ2) is 6.77. The lowest BCUT2D eigenvalue weighted by Gasteiger charge is -2.14. The Morgan fingerprint density at radius 2 is 1.73 bits per heavy atom. The van der Waals surface area contributed by atoms with Crippen molar-refractivity contribution in [3.05, 3.63) is 82.9 Å². The Balaban J connectivity index is 1.78. The molecule has 0 spiro atoms. The molecule has 1 atom stereocenters. The summed E-state index contributed by atoms with van der Waals surface area (Å²) in [5.74, 6) is 1.85. The van der Waals surface area contributed by atoms with Gasteiger partial charge in [0.2, 0.25) is 0 Å². The second-order valence-electron chi connectivity index (χ2n) is 6.25. The maximum Gasteiger partial charge on any atom is 0.199 e. The SMILES string of the molecule is COc1ccc2cc(C(C)c3n[nH]c(=S)n3-c3ccccc3)ccc2c1. The second-order valence-corrected chi connectivity index (χ2v) is 6.64. The van der Waals surface area contributed by atoms with E-state index in [1.165, 1.54) is 10.9 Å². The van der Waals surface area contributed by atoms with E-state index >= 15 is 0 Å². The summed E-state index contributed by atoms with van der Waals surface area (Å²) in [6, 6.07) is 22.6. The molecule has 1 aromatic heterocycles. The van der Waals surface area contributed by atoms with Gasteiger partial charge in [-0.05, 0) is 52.8 Å². The highest BCUT2D eigenvalue weighted by Gasteiger charge is 2.17. The molecule has 0 fully saturated rings. The maximum absolute atomic E-state index is 5.46. The third-order valence-electron chi connectivity index (χ3n) is 4.67. The monoisotopic (exact) mass is 361 g/mol. The molecule has 5 heteroatoms. The minimum atomic E-state index is 0.0923. The number of nitrogens with one attached hydrogen (secondary N) is 1. The summed E-state index contributed by atoms with van der Waals surface area (Å²) in [5, 5.41) is 9.77. The van der Waals surface area contributed by atoms with Crippen LogP contribution in [-0.4, -0.2) is 21.9 Å². The number of aromatic amines is 1. The largest absolute Gasteiger partial charge is 0.497 e. The number of para-hydroxylation sites is 1. The lowest BCUT2D eigenvalue weighted by atomic mass is 9.97. The third kappa shape index (κ3) is 2.91. The van der Waals surface area contributed by atoms with E-state index in [1.807, 2.05) is 47.0 Å². The van der Waals surface area contributed by atoms with Crippen molar-refractivity contribution in [2.45, 2.75) is 12.8 Å². The number of ether oxygens (including phenoxy) is 1. The van der Waals surface area contributed by atoms with Crippen LogP contribution in [0.4, 0.5) is 0 Å². The van der Waals surface area contributed by atoms with Crippen LogP contribution >= 0.6 is 12.2 Å². The number of rotatable bonds is 4. The number of hydrogen-bond acceptors (Lipinski definition) is 3. The van der Waals surface area contributed by atoms with Gasteiger partial charge < -0.3 is 4.74 Å². The van der Waals surface area contributed by atoms with Gasteiger partial charge in [-0.2, -0.15) is 5.10 Å². The predicted octanol–water partition coefficient (Wildman–Crippen LogP) is 5.24. The van der Waals surface area contributed by atoms with Crippen LogP contribution in [0.2, 0.25) is 0 Å². The number of benzene rings is 3. The average Bonchev–Trinajstić information content (AvgIpc) is 3.08. The molecular weight excluding hydrogens is 342 g/mol. The minimum absolute atomic E-state index is 0.0923. The summed E-state index contributed by atoms with van der Waals surface area (Å²) in [7, 11) is 1.68. The van der Waals surface area contributed by atoms with Gasteiger partial charge in [-0.3, -0.25) is 9.67 Å². The molecule has 1 N–H and O–H groups in total. The highest BCUT2D eigenvalue weighted by molar-refractivity contribution is 7.71. The Kier molecular flexibility index (Phi) is 4.31. The van der Waals surface area contributed by atoms with Crippen LogP contribution in [0.1, 0.15) is 24.2 Å². The zero-order chi connectivity index (χ0) is 18.1. The zero-order valence-corrected chi connectivity index (χ0v) is 15.5.